The number of nitrogens with zero attached hydrogens (tertiary/aromatic N) is 5. The molecule has 0 saturated heterocycles. The van der Waals surface area contributed by atoms with Crippen LogP contribution in [-0.2, 0) is 0 Å². The molecule has 9 rings (SSSR count). The van der Waals surface area contributed by atoms with E-state index in [0.717, 1.165) is 88.4 Å². The Kier molecular flexibility index (Phi) is 6.06. The molecule has 4 aromatic carbocycles. The molecule has 5 aromatic heterocycles. The van der Waals surface area contributed by atoms with Gasteiger partial charge in [-0.3, -0.25) is 15.0 Å². The van der Waals surface area contributed by atoms with Gasteiger partial charge in [0.05, 0.1) is 33.5 Å². The highest BCUT2D eigenvalue weighted by molar-refractivity contribution is 6.10. The van der Waals surface area contributed by atoms with Crippen LogP contribution in [0, 0.1) is 0 Å². The first-order valence-electron chi connectivity index (χ1n) is 15.2. The number of rotatable bonds is 4. The lowest BCUT2D eigenvalue weighted by Gasteiger charge is -2.11. The van der Waals surface area contributed by atoms with Crippen molar-refractivity contribution in [2.45, 2.75) is 0 Å². The standard InChI is InChI=1S/C41H25N5/c1-3-33-23-35(34-4-2-20-44-41(34)40(33)43-19-1)26-5-7-27(8-6-26)36-15-13-28-9-11-31(24-38(28)45-36)32-12-10-29-14-16-37(46-39(29)25-32)30-17-21-42-22-18-30/h1-25H. The van der Waals surface area contributed by atoms with Gasteiger partial charge in [0.15, 0.2) is 0 Å². The third-order valence-corrected chi connectivity index (χ3v) is 8.65. The summed E-state index contributed by atoms with van der Waals surface area (Å²) in [6.45, 7) is 0. The Morgan fingerprint density at radius 3 is 1.59 bits per heavy atom. The fourth-order valence-electron chi connectivity index (χ4n) is 6.27. The van der Waals surface area contributed by atoms with Gasteiger partial charge >= 0.3 is 0 Å². The van der Waals surface area contributed by atoms with E-state index in [9.17, 15) is 0 Å². The molecule has 214 valence electrons. The molecule has 46 heavy (non-hydrogen) atoms. The lowest BCUT2D eigenvalue weighted by Crippen LogP contribution is -1.90. The van der Waals surface area contributed by atoms with Gasteiger partial charge in [-0.2, -0.15) is 0 Å². The zero-order valence-corrected chi connectivity index (χ0v) is 24.7. The van der Waals surface area contributed by atoms with E-state index in [-0.39, 0.29) is 0 Å². The van der Waals surface area contributed by atoms with Crippen LogP contribution in [0.15, 0.2) is 152 Å². The van der Waals surface area contributed by atoms with Gasteiger partial charge in [-0.05, 0) is 76.9 Å². The van der Waals surface area contributed by atoms with E-state index >= 15 is 0 Å². The van der Waals surface area contributed by atoms with Crippen LogP contribution in [-0.4, -0.2) is 24.9 Å². The summed E-state index contributed by atoms with van der Waals surface area (Å²) < 4.78 is 0. The zero-order chi connectivity index (χ0) is 30.5. The van der Waals surface area contributed by atoms with Crippen LogP contribution < -0.4 is 0 Å². The Morgan fingerprint density at radius 1 is 0.370 bits per heavy atom. The van der Waals surface area contributed by atoms with Gasteiger partial charge in [0.2, 0.25) is 0 Å². The Bertz CT molecular complexity index is 2580. The molecule has 0 spiro atoms. The summed E-state index contributed by atoms with van der Waals surface area (Å²) in [7, 11) is 0. The summed E-state index contributed by atoms with van der Waals surface area (Å²) in [5.74, 6) is 0. The fourth-order valence-corrected chi connectivity index (χ4v) is 6.27. The highest BCUT2D eigenvalue weighted by Crippen LogP contribution is 2.34. The Morgan fingerprint density at radius 2 is 0.913 bits per heavy atom. The molecule has 0 N–H and O–H groups in total. The highest BCUT2D eigenvalue weighted by atomic mass is 14.7. The van der Waals surface area contributed by atoms with Crippen LogP contribution in [0.3, 0.4) is 0 Å². The zero-order valence-electron chi connectivity index (χ0n) is 24.7. The second-order valence-corrected chi connectivity index (χ2v) is 11.4. The van der Waals surface area contributed by atoms with E-state index in [1.807, 2.05) is 36.7 Å². The average molecular weight is 588 g/mol. The first-order valence-corrected chi connectivity index (χ1v) is 15.2. The van der Waals surface area contributed by atoms with Crippen molar-refractivity contribution in [3.8, 4) is 44.8 Å². The van der Waals surface area contributed by atoms with Crippen LogP contribution in [0.2, 0.25) is 0 Å². The summed E-state index contributed by atoms with van der Waals surface area (Å²) in [5, 5.41) is 4.38. The van der Waals surface area contributed by atoms with Crippen molar-refractivity contribution < 1.29 is 0 Å². The van der Waals surface area contributed by atoms with Crippen molar-refractivity contribution in [2.75, 3.05) is 0 Å². The molecule has 5 heterocycles. The molecule has 5 heteroatoms. The molecular formula is C41H25N5. The number of hydrogen-bond acceptors (Lipinski definition) is 5. The van der Waals surface area contributed by atoms with Crippen LogP contribution >= 0.6 is 0 Å². The van der Waals surface area contributed by atoms with Crippen LogP contribution in [0.5, 0.6) is 0 Å². The van der Waals surface area contributed by atoms with E-state index in [2.05, 4.69) is 118 Å². The number of aromatic nitrogens is 5. The molecule has 5 nitrogen and oxygen atoms in total. The van der Waals surface area contributed by atoms with E-state index in [4.69, 9.17) is 9.97 Å². The summed E-state index contributed by atoms with van der Waals surface area (Å²) in [6.07, 6.45) is 7.25. The van der Waals surface area contributed by atoms with Crippen molar-refractivity contribution in [2.24, 2.45) is 0 Å². The smallest absolute Gasteiger partial charge is 0.0970 e. The molecule has 0 radical (unpaired) electrons. The van der Waals surface area contributed by atoms with Crippen molar-refractivity contribution >= 4 is 43.6 Å². The van der Waals surface area contributed by atoms with Gasteiger partial charge < -0.3 is 0 Å². The molecule has 0 saturated carbocycles. The molecule has 0 aliphatic heterocycles. The molecular weight excluding hydrogens is 562 g/mol. The van der Waals surface area contributed by atoms with Crippen molar-refractivity contribution in [3.63, 3.8) is 0 Å². The van der Waals surface area contributed by atoms with Crippen LogP contribution in [0.4, 0.5) is 0 Å². The lowest BCUT2D eigenvalue weighted by molar-refractivity contribution is 1.31. The van der Waals surface area contributed by atoms with Crippen molar-refractivity contribution in [1.82, 2.24) is 24.9 Å². The number of fused-ring (bicyclic) bond motifs is 5. The Balaban J connectivity index is 1.07. The van der Waals surface area contributed by atoms with Crippen molar-refractivity contribution in [1.29, 1.82) is 0 Å². The van der Waals surface area contributed by atoms with Gasteiger partial charge in [-0.15, -0.1) is 0 Å². The maximum Gasteiger partial charge on any atom is 0.0970 e. The van der Waals surface area contributed by atoms with E-state index < -0.39 is 0 Å². The number of hydrogen-bond donors (Lipinski definition) is 0. The Hall–Kier alpha value is -6.33. The van der Waals surface area contributed by atoms with Crippen molar-refractivity contribution in [3.05, 3.63) is 152 Å². The predicted molar refractivity (Wildman–Crippen MR) is 187 cm³/mol. The predicted octanol–water partition coefficient (Wildman–Crippen LogP) is 9.94. The quantitative estimate of drug-likeness (QED) is 0.192. The molecule has 0 amide bonds. The lowest BCUT2D eigenvalue weighted by atomic mass is 9.96. The van der Waals surface area contributed by atoms with E-state index in [1.165, 1.54) is 0 Å². The van der Waals surface area contributed by atoms with Crippen LogP contribution in [0.1, 0.15) is 0 Å². The molecule has 0 aliphatic rings. The minimum absolute atomic E-state index is 0.919. The minimum Gasteiger partial charge on any atom is -0.265 e. The second kappa shape index (κ2) is 10.7. The maximum atomic E-state index is 5.10. The van der Waals surface area contributed by atoms with Gasteiger partial charge in [0.25, 0.3) is 0 Å². The largest absolute Gasteiger partial charge is 0.265 e. The minimum atomic E-state index is 0.919. The van der Waals surface area contributed by atoms with Gasteiger partial charge in [0.1, 0.15) is 0 Å². The number of pyridine rings is 5. The first kappa shape index (κ1) is 26.1. The van der Waals surface area contributed by atoms with Gasteiger partial charge in [0, 0.05) is 57.5 Å². The topological polar surface area (TPSA) is 64.5 Å². The highest BCUT2D eigenvalue weighted by Gasteiger charge is 2.11. The van der Waals surface area contributed by atoms with E-state index in [1.54, 1.807) is 12.4 Å². The fraction of sp³-hybridized carbons (Fsp3) is 0. The Labute approximate surface area is 264 Å². The summed E-state index contributed by atoms with van der Waals surface area (Å²) in [6, 6.07) is 44.3. The summed E-state index contributed by atoms with van der Waals surface area (Å²) in [5.41, 5.74) is 12.2. The summed E-state index contributed by atoms with van der Waals surface area (Å²) in [4.78, 5) is 23.5. The molecule has 9 aromatic rings. The monoisotopic (exact) mass is 587 g/mol. The van der Waals surface area contributed by atoms with E-state index in [0.29, 0.717) is 0 Å². The molecule has 0 aliphatic carbocycles. The van der Waals surface area contributed by atoms with Gasteiger partial charge in [-0.25, -0.2) is 9.97 Å². The maximum absolute atomic E-state index is 5.10. The first-order chi connectivity index (χ1) is 22.8. The van der Waals surface area contributed by atoms with Gasteiger partial charge in [-0.1, -0.05) is 72.8 Å². The third kappa shape index (κ3) is 4.54. The van der Waals surface area contributed by atoms with Crippen LogP contribution in [0.25, 0.3) is 88.4 Å². The molecule has 0 bridgehead atoms. The number of benzene rings is 4. The SMILES string of the molecule is c1cnc2c(c1)cc(-c1ccc(-c3ccc4ccc(-c5ccc6ccc(-c7ccncc7)nc6c5)cc4n3)cc1)c1cccnc12. The molecule has 0 atom stereocenters. The molecule has 0 fully saturated rings. The normalized spacial score (nSPS) is 11.5. The average Bonchev–Trinajstić information content (AvgIpc) is 3.14. The summed E-state index contributed by atoms with van der Waals surface area (Å²) >= 11 is 0. The molecule has 0 unspecified atom stereocenters. The third-order valence-electron chi connectivity index (χ3n) is 8.65. The second-order valence-electron chi connectivity index (χ2n) is 11.4.